The number of aliphatic hydroxyl groups is 1. The molecule has 0 aliphatic heterocycles. The standard InChI is InChI=1S/C17H15NO4.CH4O/c19-9-10-22-18-17(20)21-11-16-14-7-3-1-5-12(14)13-6-2-4-8-15(13)16;1-2/h1-9,16H,10-11H2,(H,18,20);2H,1H3. The molecule has 0 radical (unpaired) electrons. The maximum atomic E-state index is 11.5. The number of benzene rings is 2. The van der Waals surface area contributed by atoms with E-state index in [4.69, 9.17) is 9.84 Å². The van der Waals surface area contributed by atoms with Gasteiger partial charge in [-0.15, -0.1) is 0 Å². The molecule has 0 saturated carbocycles. The molecular weight excluding hydrogens is 310 g/mol. The van der Waals surface area contributed by atoms with E-state index >= 15 is 0 Å². The van der Waals surface area contributed by atoms with Crippen LogP contribution in [0, 0.1) is 0 Å². The summed E-state index contributed by atoms with van der Waals surface area (Å²) in [5, 5.41) is 7.00. The van der Waals surface area contributed by atoms with E-state index in [0.29, 0.717) is 6.29 Å². The van der Waals surface area contributed by atoms with Gasteiger partial charge in [-0.2, -0.15) is 5.48 Å². The summed E-state index contributed by atoms with van der Waals surface area (Å²) >= 11 is 0. The summed E-state index contributed by atoms with van der Waals surface area (Å²) in [5.41, 5.74) is 6.69. The van der Waals surface area contributed by atoms with Crippen LogP contribution in [-0.2, 0) is 14.4 Å². The number of rotatable bonds is 5. The highest BCUT2D eigenvalue weighted by molar-refractivity contribution is 5.79. The SMILES string of the molecule is CO.O=CCONC(=O)OCC1c2ccccc2-c2ccccc21. The van der Waals surface area contributed by atoms with Crippen molar-refractivity contribution >= 4 is 12.4 Å². The molecule has 6 heteroatoms. The molecule has 1 amide bonds. The van der Waals surface area contributed by atoms with Crippen LogP contribution in [0.15, 0.2) is 48.5 Å². The molecule has 24 heavy (non-hydrogen) atoms. The third kappa shape index (κ3) is 3.79. The Morgan fingerprint density at radius 2 is 1.62 bits per heavy atom. The van der Waals surface area contributed by atoms with Crippen LogP contribution >= 0.6 is 0 Å². The quantitative estimate of drug-likeness (QED) is 0.499. The maximum Gasteiger partial charge on any atom is 0.431 e. The van der Waals surface area contributed by atoms with Gasteiger partial charge < -0.3 is 14.6 Å². The second-order valence-corrected chi connectivity index (χ2v) is 4.91. The summed E-state index contributed by atoms with van der Waals surface area (Å²) in [4.78, 5) is 26.2. The van der Waals surface area contributed by atoms with Crippen molar-refractivity contribution < 1.29 is 24.3 Å². The van der Waals surface area contributed by atoms with Crippen LogP contribution < -0.4 is 5.48 Å². The Hall–Kier alpha value is -2.70. The second-order valence-electron chi connectivity index (χ2n) is 4.91. The van der Waals surface area contributed by atoms with Crippen LogP contribution in [-0.4, -0.2) is 37.8 Å². The minimum atomic E-state index is -0.705. The molecule has 2 N–H and O–H groups in total. The van der Waals surface area contributed by atoms with E-state index in [1.165, 1.54) is 11.1 Å². The highest BCUT2D eigenvalue weighted by Gasteiger charge is 2.28. The maximum absolute atomic E-state index is 11.5. The first-order valence-electron chi connectivity index (χ1n) is 7.42. The molecule has 1 aliphatic carbocycles. The van der Waals surface area contributed by atoms with Gasteiger partial charge in [-0.25, -0.2) is 4.79 Å². The number of carbonyl (C=O) groups is 2. The third-order valence-corrected chi connectivity index (χ3v) is 3.65. The van der Waals surface area contributed by atoms with Gasteiger partial charge in [0.15, 0.2) is 0 Å². The third-order valence-electron chi connectivity index (χ3n) is 3.65. The van der Waals surface area contributed by atoms with Crippen LogP contribution in [0.3, 0.4) is 0 Å². The Labute approximate surface area is 140 Å². The van der Waals surface area contributed by atoms with Crippen LogP contribution in [0.4, 0.5) is 4.79 Å². The average Bonchev–Trinajstić information content (AvgIpc) is 2.96. The normalized spacial score (nSPS) is 11.6. The number of fused-ring (bicyclic) bond motifs is 3. The first kappa shape index (κ1) is 17.7. The lowest BCUT2D eigenvalue weighted by atomic mass is 9.98. The Bertz CT molecular complexity index is 656. The first-order chi connectivity index (χ1) is 11.8. The van der Waals surface area contributed by atoms with Gasteiger partial charge in [0.1, 0.15) is 19.5 Å². The van der Waals surface area contributed by atoms with Crippen molar-refractivity contribution in [1.29, 1.82) is 0 Å². The van der Waals surface area contributed by atoms with E-state index < -0.39 is 6.09 Å². The molecule has 126 valence electrons. The van der Waals surface area contributed by atoms with Crippen molar-refractivity contribution in [3.63, 3.8) is 0 Å². The predicted octanol–water partition coefficient (Wildman–Crippen LogP) is 2.26. The lowest BCUT2D eigenvalue weighted by Crippen LogP contribution is -2.27. The fourth-order valence-electron chi connectivity index (χ4n) is 2.76. The zero-order valence-corrected chi connectivity index (χ0v) is 13.3. The van der Waals surface area contributed by atoms with Gasteiger partial charge in [-0.3, -0.25) is 4.84 Å². The summed E-state index contributed by atoms with van der Waals surface area (Å²) < 4.78 is 5.20. The second kappa shape index (κ2) is 8.81. The topological polar surface area (TPSA) is 84.9 Å². The minimum absolute atomic E-state index is 0.00391. The van der Waals surface area contributed by atoms with Crippen molar-refractivity contribution in [2.45, 2.75) is 5.92 Å². The first-order valence-corrected chi connectivity index (χ1v) is 7.42. The number of nitrogens with one attached hydrogen (secondary N) is 1. The molecule has 3 rings (SSSR count). The molecule has 1 aliphatic rings. The fourth-order valence-corrected chi connectivity index (χ4v) is 2.76. The molecule has 0 spiro atoms. The molecule has 0 heterocycles. The minimum Gasteiger partial charge on any atom is -0.447 e. The smallest absolute Gasteiger partial charge is 0.431 e. The molecule has 0 fully saturated rings. The zero-order chi connectivity index (χ0) is 17.4. The van der Waals surface area contributed by atoms with Crippen molar-refractivity contribution in [2.75, 3.05) is 20.3 Å². The summed E-state index contributed by atoms with van der Waals surface area (Å²) in [6.45, 7) is 0.00844. The Kier molecular flexibility index (Phi) is 6.48. The summed E-state index contributed by atoms with van der Waals surface area (Å²) in [6.07, 6.45) is -0.160. The van der Waals surface area contributed by atoms with Gasteiger partial charge in [0.2, 0.25) is 0 Å². The number of hydrogen-bond acceptors (Lipinski definition) is 5. The predicted molar refractivity (Wildman–Crippen MR) is 88.4 cm³/mol. The molecule has 2 aromatic carbocycles. The summed E-state index contributed by atoms with van der Waals surface area (Å²) in [5.74, 6) is 0.00391. The number of aliphatic hydroxyl groups excluding tert-OH is 1. The Balaban J connectivity index is 0.00000100. The van der Waals surface area contributed by atoms with E-state index in [-0.39, 0.29) is 19.1 Å². The number of aldehydes is 1. The van der Waals surface area contributed by atoms with Crippen LogP contribution in [0.2, 0.25) is 0 Å². The lowest BCUT2D eigenvalue weighted by molar-refractivity contribution is -0.113. The lowest BCUT2D eigenvalue weighted by Gasteiger charge is -2.14. The number of amides is 1. The van der Waals surface area contributed by atoms with Gasteiger partial charge in [0.05, 0.1) is 0 Å². The average molecular weight is 329 g/mol. The highest BCUT2D eigenvalue weighted by Crippen LogP contribution is 2.44. The molecule has 0 saturated heterocycles. The van der Waals surface area contributed by atoms with E-state index in [2.05, 4.69) is 22.5 Å². The molecular formula is C18H19NO5. The van der Waals surface area contributed by atoms with Gasteiger partial charge >= 0.3 is 6.09 Å². The van der Waals surface area contributed by atoms with Crippen molar-refractivity contribution in [1.82, 2.24) is 5.48 Å². The van der Waals surface area contributed by atoms with Crippen molar-refractivity contribution in [2.24, 2.45) is 0 Å². The number of hydrogen-bond donors (Lipinski definition) is 2. The highest BCUT2D eigenvalue weighted by atomic mass is 16.7. The van der Waals surface area contributed by atoms with E-state index in [9.17, 15) is 9.59 Å². The zero-order valence-electron chi connectivity index (χ0n) is 13.3. The van der Waals surface area contributed by atoms with Gasteiger partial charge in [0, 0.05) is 13.0 Å². The number of ether oxygens (including phenoxy) is 1. The molecule has 2 aromatic rings. The van der Waals surface area contributed by atoms with E-state index in [0.717, 1.165) is 18.2 Å². The van der Waals surface area contributed by atoms with Crippen molar-refractivity contribution in [3.05, 3.63) is 59.7 Å². The van der Waals surface area contributed by atoms with Gasteiger partial charge in [-0.05, 0) is 22.3 Å². The Morgan fingerprint density at radius 1 is 1.08 bits per heavy atom. The van der Waals surface area contributed by atoms with Crippen LogP contribution in [0.5, 0.6) is 0 Å². The Morgan fingerprint density at radius 3 is 2.17 bits per heavy atom. The van der Waals surface area contributed by atoms with Crippen LogP contribution in [0.25, 0.3) is 11.1 Å². The van der Waals surface area contributed by atoms with E-state index in [1.807, 2.05) is 36.4 Å². The van der Waals surface area contributed by atoms with Crippen LogP contribution in [0.1, 0.15) is 17.0 Å². The molecule has 0 bridgehead atoms. The molecule has 0 atom stereocenters. The monoisotopic (exact) mass is 329 g/mol. The van der Waals surface area contributed by atoms with E-state index in [1.54, 1.807) is 0 Å². The largest absolute Gasteiger partial charge is 0.447 e. The summed E-state index contributed by atoms with van der Waals surface area (Å²) in [6, 6.07) is 16.2. The fraction of sp³-hybridized carbons (Fsp3) is 0.222. The summed E-state index contributed by atoms with van der Waals surface area (Å²) in [7, 11) is 1.00. The van der Waals surface area contributed by atoms with Gasteiger partial charge in [0.25, 0.3) is 0 Å². The molecule has 0 aromatic heterocycles. The molecule has 6 nitrogen and oxygen atoms in total. The number of carbonyl (C=O) groups excluding carboxylic acids is 2. The molecule has 0 unspecified atom stereocenters. The number of hydroxylamine groups is 1. The van der Waals surface area contributed by atoms with Gasteiger partial charge in [-0.1, -0.05) is 48.5 Å². The van der Waals surface area contributed by atoms with Crippen molar-refractivity contribution in [3.8, 4) is 11.1 Å².